The second-order valence-corrected chi connectivity index (χ2v) is 10.3. The number of rotatable bonds is 6. The molecule has 2 fully saturated rings. The number of thioether (sulfide) groups is 1. The summed E-state index contributed by atoms with van der Waals surface area (Å²) in [7, 11) is 0. The highest BCUT2D eigenvalue weighted by Gasteiger charge is 2.51. The van der Waals surface area contributed by atoms with Crippen molar-refractivity contribution in [3.05, 3.63) is 48.3 Å². The molecule has 2 aliphatic rings. The van der Waals surface area contributed by atoms with E-state index >= 15 is 0 Å². The average Bonchev–Trinajstić information content (AvgIpc) is 2.95. The summed E-state index contributed by atoms with van der Waals surface area (Å²) in [6.07, 6.45) is 9.15. The van der Waals surface area contributed by atoms with Crippen LogP contribution >= 0.6 is 11.8 Å². The van der Waals surface area contributed by atoms with Crippen molar-refractivity contribution in [1.82, 2.24) is 9.88 Å². The van der Waals surface area contributed by atoms with Gasteiger partial charge in [-0.2, -0.15) is 13.2 Å². The Labute approximate surface area is 200 Å². The number of hydrogen-bond acceptors (Lipinski definition) is 5. The predicted molar refractivity (Wildman–Crippen MR) is 126 cm³/mol. The molecule has 4 rings (SSSR count). The highest BCUT2D eigenvalue weighted by Crippen LogP contribution is 2.39. The smallest absolute Gasteiger partial charge is 0.381 e. The maximum Gasteiger partial charge on any atom is 0.446 e. The highest BCUT2D eigenvalue weighted by atomic mass is 32.2. The summed E-state index contributed by atoms with van der Waals surface area (Å²) in [5.74, 6) is -0.426. The van der Waals surface area contributed by atoms with Crippen molar-refractivity contribution in [1.29, 1.82) is 0 Å². The molecule has 0 atom stereocenters. The summed E-state index contributed by atoms with van der Waals surface area (Å²) in [5, 5.41) is 3.55. The van der Waals surface area contributed by atoms with Crippen LogP contribution in [-0.4, -0.2) is 38.9 Å². The van der Waals surface area contributed by atoms with E-state index in [1.807, 2.05) is 6.07 Å². The zero-order valence-electron chi connectivity index (χ0n) is 19.1. The van der Waals surface area contributed by atoms with E-state index in [4.69, 9.17) is 0 Å². The molecule has 6 nitrogen and oxygen atoms in total. The van der Waals surface area contributed by atoms with Crippen molar-refractivity contribution in [2.24, 2.45) is 0 Å². The molecule has 0 spiro atoms. The number of halogens is 3. The first kappa shape index (κ1) is 24.4. The van der Waals surface area contributed by atoms with Crippen LogP contribution < -0.4 is 10.2 Å². The van der Waals surface area contributed by atoms with E-state index < -0.39 is 23.0 Å². The van der Waals surface area contributed by atoms with Gasteiger partial charge in [0.2, 0.25) is 0 Å². The predicted octanol–water partition coefficient (Wildman–Crippen LogP) is 6.19. The average molecular weight is 493 g/mol. The van der Waals surface area contributed by atoms with Gasteiger partial charge in [0.25, 0.3) is 5.91 Å². The highest BCUT2D eigenvalue weighted by molar-refractivity contribution is 8.00. The molecule has 1 saturated carbocycles. The Kier molecular flexibility index (Phi) is 6.80. The molecule has 3 amide bonds. The number of carbonyl (C=O) groups is 2. The largest absolute Gasteiger partial charge is 0.446 e. The third kappa shape index (κ3) is 5.16. The lowest BCUT2D eigenvalue weighted by Crippen LogP contribution is -2.43. The molecule has 10 heteroatoms. The van der Waals surface area contributed by atoms with E-state index in [2.05, 4.69) is 10.3 Å². The van der Waals surface area contributed by atoms with E-state index in [1.54, 1.807) is 26.2 Å². The molecule has 1 saturated heterocycles. The van der Waals surface area contributed by atoms with Crippen LogP contribution in [0.2, 0.25) is 0 Å². The number of alkyl halides is 3. The van der Waals surface area contributed by atoms with Crippen molar-refractivity contribution in [3.63, 3.8) is 0 Å². The standard InChI is InChI=1S/C24H27F3N4O2S/c1-23(2)21(32)31(18-8-10-19(11-9-18)34-24(25,26)27)22(33)30(23)15-16-12-13-28-14-20(16)29-17-6-4-3-5-7-17/h8-14,17,29H,3-7,15H2,1-2H3. The maximum absolute atomic E-state index is 13.4. The van der Waals surface area contributed by atoms with Crippen LogP contribution in [0.25, 0.3) is 0 Å². The van der Waals surface area contributed by atoms with Gasteiger partial charge in [-0.1, -0.05) is 19.3 Å². The summed E-state index contributed by atoms with van der Waals surface area (Å²) in [5.41, 5.74) is -3.59. The van der Waals surface area contributed by atoms with Crippen molar-refractivity contribution in [3.8, 4) is 0 Å². The van der Waals surface area contributed by atoms with E-state index in [0.717, 1.165) is 29.0 Å². The number of benzene rings is 1. The van der Waals surface area contributed by atoms with Crippen LogP contribution in [0.5, 0.6) is 0 Å². The van der Waals surface area contributed by atoms with Gasteiger partial charge in [-0.3, -0.25) is 9.78 Å². The fraction of sp³-hybridized carbons (Fsp3) is 0.458. The maximum atomic E-state index is 13.4. The molecule has 2 heterocycles. The van der Waals surface area contributed by atoms with Crippen molar-refractivity contribution < 1.29 is 22.8 Å². The summed E-state index contributed by atoms with van der Waals surface area (Å²) in [6, 6.07) is 6.94. The molecule has 0 unspecified atom stereocenters. The Bertz CT molecular complexity index is 1050. The van der Waals surface area contributed by atoms with Gasteiger partial charge in [0.05, 0.1) is 24.1 Å². The van der Waals surface area contributed by atoms with Crippen molar-refractivity contribution >= 4 is 35.1 Å². The molecule has 1 aromatic carbocycles. The first-order valence-corrected chi connectivity index (χ1v) is 12.1. The van der Waals surface area contributed by atoms with Crippen LogP contribution in [0, 0.1) is 0 Å². The fourth-order valence-electron chi connectivity index (χ4n) is 4.45. The Balaban J connectivity index is 1.55. The number of anilines is 2. The van der Waals surface area contributed by atoms with Gasteiger partial charge < -0.3 is 10.2 Å². The van der Waals surface area contributed by atoms with E-state index in [-0.39, 0.29) is 28.9 Å². The monoisotopic (exact) mass is 492 g/mol. The first-order valence-electron chi connectivity index (χ1n) is 11.3. The van der Waals surface area contributed by atoms with Gasteiger partial charge in [-0.05, 0) is 74.3 Å². The number of urea groups is 1. The number of nitrogens with one attached hydrogen (secondary N) is 1. The minimum Gasteiger partial charge on any atom is -0.381 e. The Hall–Kier alpha value is -2.75. The third-order valence-corrected chi connectivity index (χ3v) is 7.10. The molecular formula is C24H27F3N4O2S. The van der Waals surface area contributed by atoms with Crippen molar-refractivity contribution in [2.45, 2.75) is 74.5 Å². The second-order valence-electron chi connectivity index (χ2n) is 9.12. The number of imide groups is 1. The third-order valence-electron chi connectivity index (χ3n) is 6.36. The molecule has 0 radical (unpaired) electrons. The second kappa shape index (κ2) is 9.48. The van der Waals surface area contributed by atoms with Gasteiger partial charge in [-0.25, -0.2) is 9.69 Å². The van der Waals surface area contributed by atoms with Gasteiger partial charge in [-0.15, -0.1) is 0 Å². The van der Waals surface area contributed by atoms with Gasteiger partial charge >= 0.3 is 11.5 Å². The summed E-state index contributed by atoms with van der Waals surface area (Å²) >= 11 is -0.240. The normalized spacial score (nSPS) is 19.1. The molecule has 182 valence electrons. The molecular weight excluding hydrogens is 465 g/mol. The van der Waals surface area contributed by atoms with Gasteiger partial charge in [0, 0.05) is 17.1 Å². The molecule has 1 aliphatic heterocycles. The van der Waals surface area contributed by atoms with Crippen LogP contribution in [0.15, 0.2) is 47.6 Å². The number of pyridine rings is 1. The van der Waals surface area contributed by atoms with Crippen molar-refractivity contribution in [2.75, 3.05) is 10.2 Å². The summed E-state index contributed by atoms with van der Waals surface area (Å²) < 4.78 is 37.9. The fourth-order valence-corrected chi connectivity index (χ4v) is 4.99. The number of amides is 3. The zero-order valence-corrected chi connectivity index (χ0v) is 19.9. The number of nitrogens with zero attached hydrogens (tertiary/aromatic N) is 3. The lowest BCUT2D eigenvalue weighted by atomic mass is 9.95. The summed E-state index contributed by atoms with van der Waals surface area (Å²) in [4.78, 5) is 33.3. The molecule has 1 aromatic heterocycles. The first-order chi connectivity index (χ1) is 16.1. The van der Waals surface area contributed by atoms with Gasteiger partial charge in [0.15, 0.2) is 0 Å². The number of aromatic nitrogens is 1. The molecule has 0 bridgehead atoms. The molecule has 2 aromatic rings. The SMILES string of the molecule is CC1(C)C(=O)N(c2ccc(SC(F)(F)F)cc2)C(=O)N1Cc1ccncc1NC1CCCCC1. The Morgan fingerprint density at radius 2 is 1.76 bits per heavy atom. The lowest BCUT2D eigenvalue weighted by Gasteiger charge is -2.30. The lowest BCUT2D eigenvalue weighted by molar-refractivity contribution is -0.123. The minimum atomic E-state index is -4.41. The quantitative estimate of drug-likeness (QED) is 0.385. The van der Waals surface area contributed by atoms with Gasteiger partial charge in [0.1, 0.15) is 5.54 Å². The topological polar surface area (TPSA) is 65.5 Å². The minimum absolute atomic E-state index is 0.0123. The van der Waals surface area contributed by atoms with Crippen LogP contribution in [-0.2, 0) is 11.3 Å². The van der Waals surface area contributed by atoms with Crippen LogP contribution in [0.1, 0.15) is 51.5 Å². The van der Waals surface area contributed by atoms with Crippen LogP contribution in [0.4, 0.5) is 29.3 Å². The van der Waals surface area contributed by atoms with E-state index in [1.165, 1.54) is 48.4 Å². The Morgan fingerprint density at radius 3 is 2.41 bits per heavy atom. The van der Waals surface area contributed by atoms with E-state index in [0.29, 0.717) is 6.04 Å². The van der Waals surface area contributed by atoms with E-state index in [9.17, 15) is 22.8 Å². The number of hydrogen-bond donors (Lipinski definition) is 1. The Morgan fingerprint density at radius 1 is 1.09 bits per heavy atom. The van der Waals surface area contributed by atoms with Crippen LogP contribution in [0.3, 0.4) is 0 Å². The molecule has 1 aliphatic carbocycles. The molecule has 1 N–H and O–H groups in total. The number of carbonyl (C=O) groups excluding carboxylic acids is 2. The summed E-state index contributed by atoms with van der Waals surface area (Å²) in [6.45, 7) is 3.56. The molecule has 34 heavy (non-hydrogen) atoms. The zero-order chi connectivity index (χ0) is 24.5.